The molecule has 0 saturated heterocycles. The molecule has 66 valence electrons. The summed E-state index contributed by atoms with van der Waals surface area (Å²) in [5.74, 6) is 2.24. The van der Waals surface area contributed by atoms with Crippen molar-refractivity contribution in [2.24, 2.45) is 13.0 Å². The Morgan fingerprint density at radius 3 is 3.00 bits per heavy atom. The van der Waals surface area contributed by atoms with E-state index in [1.807, 2.05) is 13.1 Å². The van der Waals surface area contributed by atoms with E-state index in [0.717, 1.165) is 18.4 Å². The molecule has 4 nitrogen and oxygen atoms in total. The van der Waals surface area contributed by atoms with Crippen LogP contribution in [0.1, 0.15) is 12.8 Å². The zero-order valence-corrected chi connectivity index (χ0v) is 7.21. The van der Waals surface area contributed by atoms with E-state index in [1.165, 1.54) is 12.8 Å². The zero-order chi connectivity index (χ0) is 8.55. The molecule has 0 amide bonds. The van der Waals surface area contributed by atoms with Crippen LogP contribution in [0.5, 0.6) is 5.88 Å². The van der Waals surface area contributed by atoms with Gasteiger partial charge in [0.2, 0.25) is 5.88 Å². The van der Waals surface area contributed by atoms with E-state index in [4.69, 9.17) is 10.5 Å². The molecule has 0 spiro atoms. The number of hydrogen-bond acceptors (Lipinski definition) is 2. The number of rotatable bonds is 3. The van der Waals surface area contributed by atoms with E-state index >= 15 is 0 Å². The molecule has 0 aliphatic heterocycles. The fourth-order valence-electron chi connectivity index (χ4n) is 1.06. The number of ether oxygens (including phenoxy) is 1. The smallest absolute Gasteiger partial charge is 0.296 e. The summed E-state index contributed by atoms with van der Waals surface area (Å²) in [6.07, 6.45) is 2.62. The number of nitrogen functional groups attached to an aromatic ring is 1. The highest BCUT2D eigenvalue weighted by Crippen LogP contribution is 2.29. The minimum absolute atomic E-state index is 0.695. The SMILES string of the molecule is C[n+]1[nH]c(OCC2CC2)cc1N. The van der Waals surface area contributed by atoms with Gasteiger partial charge in [-0.3, -0.25) is 5.73 Å². The van der Waals surface area contributed by atoms with E-state index in [0.29, 0.717) is 5.82 Å². The topological polar surface area (TPSA) is 54.9 Å². The summed E-state index contributed by atoms with van der Waals surface area (Å²) < 4.78 is 7.21. The van der Waals surface area contributed by atoms with Crippen LogP contribution in [0.15, 0.2) is 6.07 Å². The van der Waals surface area contributed by atoms with Crippen LogP contribution in [0.4, 0.5) is 5.82 Å². The standard InChI is InChI=1S/C8H13N3O/c1-11-7(9)4-8(10-11)12-5-6-2-3-6/h4,6H,2-3,5H2,1H3,(H2,9,10)/p+1. The molecule has 0 atom stereocenters. The van der Waals surface area contributed by atoms with Crippen LogP contribution < -0.4 is 15.2 Å². The van der Waals surface area contributed by atoms with Gasteiger partial charge in [-0.1, -0.05) is 0 Å². The third kappa shape index (κ3) is 1.52. The first kappa shape index (κ1) is 7.46. The highest BCUT2D eigenvalue weighted by Gasteiger charge is 2.22. The molecule has 0 aromatic carbocycles. The number of hydrogen-bond donors (Lipinski definition) is 2. The molecule has 1 aliphatic carbocycles. The fourth-order valence-corrected chi connectivity index (χ4v) is 1.06. The van der Waals surface area contributed by atoms with E-state index in [9.17, 15) is 0 Å². The van der Waals surface area contributed by atoms with Gasteiger partial charge in [0.05, 0.1) is 12.7 Å². The average Bonchev–Trinajstić information content (AvgIpc) is 2.78. The second-order valence-corrected chi connectivity index (χ2v) is 3.36. The van der Waals surface area contributed by atoms with Crippen molar-refractivity contribution in [1.82, 2.24) is 5.10 Å². The van der Waals surface area contributed by atoms with Crippen LogP contribution >= 0.6 is 0 Å². The van der Waals surface area contributed by atoms with E-state index in [-0.39, 0.29) is 0 Å². The van der Waals surface area contributed by atoms with Crippen molar-refractivity contribution in [2.75, 3.05) is 12.3 Å². The number of aromatic nitrogens is 2. The molecule has 3 N–H and O–H groups in total. The van der Waals surface area contributed by atoms with Crippen molar-refractivity contribution in [3.8, 4) is 5.88 Å². The van der Waals surface area contributed by atoms with Crippen molar-refractivity contribution in [3.05, 3.63) is 6.07 Å². The van der Waals surface area contributed by atoms with Crippen molar-refractivity contribution < 1.29 is 9.42 Å². The Kier molecular flexibility index (Phi) is 1.67. The molecule has 2 rings (SSSR count). The summed E-state index contributed by atoms with van der Waals surface area (Å²) >= 11 is 0. The summed E-state index contributed by atoms with van der Waals surface area (Å²) in [6, 6.07) is 1.81. The Hall–Kier alpha value is -1.19. The second kappa shape index (κ2) is 2.69. The highest BCUT2D eigenvalue weighted by atomic mass is 16.5. The number of aromatic amines is 1. The Bertz CT molecular complexity index is 258. The lowest BCUT2D eigenvalue weighted by Crippen LogP contribution is -2.32. The molecular formula is C8H14N3O+. The predicted molar refractivity (Wildman–Crippen MR) is 44.6 cm³/mol. The van der Waals surface area contributed by atoms with Crippen LogP contribution in [0.2, 0.25) is 0 Å². The largest absolute Gasteiger partial charge is 0.476 e. The quantitative estimate of drug-likeness (QED) is 0.634. The molecule has 1 saturated carbocycles. The zero-order valence-electron chi connectivity index (χ0n) is 7.21. The van der Waals surface area contributed by atoms with Gasteiger partial charge in [-0.2, -0.15) is 9.78 Å². The molecule has 1 fully saturated rings. The number of nitrogens with one attached hydrogen (secondary N) is 1. The predicted octanol–water partition coefficient (Wildman–Crippen LogP) is 0.210. The van der Waals surface area contributed by atoms with E-state index in [1.54, 1.807) is 4.68 Å². The van der Waals surface area contributed by atoms with Gasteiger partial charge in [-0.05, 0) is 18.8 Å². The minimum atomic E-state index is 0.695. The van der Waals surface area contributed by atoms with Gasteiger partial charge in [0.15, 0.2) is 0 Å². The van der Waals surface area contributed by atoms with Gasteiger partial charge in [-0.25, -0.2) is 0 Å². The van der Waals surface area contributed by atoms with Crippen molar-refractivity contribution >= 4 is 5.82 Å². The van der Waals surface area contributed by atoms with Gasteiger partial charge in [0.1, 0.15) is 7.05 Å². The molecule has 1 aromatic heterocycles. The minimum Gasteiger partial charge on any atom is -0.476 e. The maximum Gasteiger partial charge on any atom is 0.296 e. The lowest BCUT2D eigenvalue weighted by molar-refractivity contribution is -0.713. The lowest BCUT2D eigenvalue weighted by atomic mass is 10.5. The van der Waals surface area contributed by atoms with Crippen LogP contribution in [0, 0.1) is 5.92 Å². The number of nitrogens with zero attached hydrogens (tertiary/aromatic N) is 1. The van der Waals surface area contributed by atoms with Crippen molar-refractivity contribution in [1.29, 1.82) is 0 Å². The molecule has 1 aliphatic rings. The van der Waals surface area contributed by atoms with Gasteiger partial charge in [0, 0.05) is 0 Å². The van der Waals surface area contributed by atoms with Crippen molar-refractivity contribution in [2.45, 2.75) is 12.8 Å². The second-order valence-electron chi connectivity index (χ2n) is 3.36. The van der Waals surface area contributed by atoms with Crippen LogP contribution in [-0.4, -0.2) is 11.7 Å². The highest BCUT2D eigenvalue weighted by molar-refractivity contribution is 5.26. The van der Waals surface area contributed by atoms with Crippen LogP contribution in [-0.2, 0) is 7.05 Å². The summed E-state index contributed by atoms with van der Waals surface area (Å²) in [6.45, 7) is 0.819. The molecule has 12 heavy (non-hydrogen) atoms. The molecule has 1 aromatic rings. The fraction of sp³-hybridized carbons (Fsp3) is 0.625. The third-order valence-corrected chi connectivity index (χ3v) is 2.12. The maximum atomic E-state index is 5.61. The summed E-state index contributed by atoms with van der Waals surface area (Å²) in [5.41, 5.74) is 5.61. The van der Waals surface area contributed by atoms with Crippen LogP contribution in [0.3, 0.4) is 0 Å². The van der Waals surface area contributed by atoms with Gasteiger partial charge in [-0.15, -0.1) is 0 Å². The first-order valence-corrected chi connectivity index (χ1v) is 4.23. The molecule has 0 unspecified atom stereocenters. The van der Waals surface area contributed by atoms with E-state index in [2.05, 4.69) is 5.10 Å². The molecular weight excluding hydrogens is 154 g/mol. The molecule has 0 radical (unpaired) electrons. The number of aryl methyl sites for hydroxylation is 1. The average molecular weight is 168 g/mol. The van der Waals surface area contributed by atoms with Gasteiger partial charge in [0.25, 0.3) is 5.82 Å². The van der Waals surface area contributed by atoms with E-state index < -0.39 is 0 Å². The Morgan fingerprint density at radius 1 is 1.75 bits per heavy atom. The Balaban J connectivity index is 1.93. The summed E-state index contributed by atoms with van der Waals surface area (Å²) in [4.78, 5) is 0. The first-order chi connectivity index (χ1) is 5.75. The molecule has 4 heteroatoms. The maximum absolute atomic E-state index is 5.61. The normalized spacial score (nSPS) is 16.4. The van der Waals surface area contributed by atoms with Crippen molar-refractivity contribution in [3.63, 3.8) is 0 Å². The first-order valence-electron chi connectivity index (χ1n) is 4.23. The van der Waals surface area contributed by atoms with Gasteiger partial charge >= 0.3 is 0 Å². The lowest BCUT2D eigenvalue weighted by Gasteiger charge is -1.98. The van der Waals surface area contributed by atoms with Crippen LogP contribution in [0.25, 0.3) is 0 Å². The number of anilines is 1. The molecule has 1 heterocycles. The Labute approximate surface area is 71.3 Å². The molecule has 0 bridgehead atoms. The monoisotopic (exact) mass is 168 g/mol. The van der Waals surface area contributed by atoms with Gasteiger partial charge < -0.3 is 4.74 Å². The summed E-state index contributed by atoms with van der Waals surface area (Å²) in [7, 11) is 1.86. The number of nitrogens with two attached hydrogens (primary N) is 1. The summed E-state index contributed by atoms with van der Waals surface area (Å²) in [5, 5.41) is 3.00. The third-order valence-electron chi connectivity index (χ3n) is 2.12. The Morgan fingerprint density at radius 2 is 2.50 bits per heavy atom. The number of H-pyrrole nitrogens is 1.